The molecule has 0 saturated heterocycles. The van der Waals surface area contributed by atoms with E-state index in [2.05, 4.69) is 225 Å². The van der Waals surface area contributed by atoms with E-state index in [1.54, 1.807) is 0 Å². The number of hydrogen-bond acceptors (Lipinski definition) is 0. The summed E-state index contributed by atoms with van der Waals surface area (Å²) in [5.41, 5.74) is 26.5. The van der Waals surface area contributed by atoms with Crippen LogP contribution in [0.15, 0.2) is 224 Å². The van der Waals surface area contributed by atoms with Crippen LogP contribution in [0, 0.1) is 5.92 Å². The fraction of sp³-hybridized carbons (Fsp3) is 0.0769. The SMILES string of the molecule is CC1C=CC2=C(C1)c1ccccc1C21c2cc(-c3ccc4cc(-c5ccc6c(c5)C5(c7ccccc7-c7ccccc75)c5ccccc5-6)ccc4c3)ccc2-c2c1ccc1ccccc21. The molecule has 0 heterocycles. The lowest BCUT2D eigenvalue weighted by Crippen LogP contribution is -2.27. The lowest BCUT2D eigenvalue weighted by atomic mass is 9.68. The van der Waals surface area contributed by atoms with Gasteiger partial charge in [-0.15, -0.1) is 0 Å². The van der Waals surface area contributed by atoms with E-state index in [-0.39, 0.29) is 10.8 Å². The largest absolute Gasteiger partial charge is 0.0810 e. The van der Waals surface area contributed by atoms with Crippen molar-refractivity contribution >= 4 is 27.1 Å². The number of fused-ring (bicyclic) bond motifs is 22. The zero-order valence-electron chi connectivity index (χ0n) is 36.1. The van der Waals surface area contributed by atoms with Crippen LogP contribution in [0.25, 0.3) is 82.8 Å². The molecule has 5 aliphatic rings. The van der Waals surface area contributed by atoms with E-state index in [9.17, 15) is 0 Å². The normalized spacial score (nSPS) is 18.4. The summed E-state index contributed by atoms with van der Waals surface area (Å²) in [6, 6.07) is 78.9. The van der Waals surface area contributed by atoms with Crippen LogP contribution in [-0.2, 0) is 10.8 Å². The van der Waals surface area contributed by atoms with E-state index in [1.165, 1.54) is 133 Å². The number of allylic oxidation sites excluding steroid dienone is 4. The Hall–Kier alpha value is -7.80. The molecule has 0 aliphatic heterocycles. The first-order chi connectivity index (χ1) is 32.1. The maximum atomic E-state index is 2.54. The first kappa shape index (κ1) is 35.6. The monoisotopic (exact) mass is 822 g/mol. The molecule has 0 aromatic heterocycles. The Balaban J connectivity index is 0.870. The minimum absolute atomic E-state index is 0.353. The quantitative estimate of drug-likeness (QED) is 0.163. The molecule has 10 aromatic rings. The summed E-state index contributed by atoms with van der Waals surface area (Å²) in [6.45, 7) is 2.35. The second-order valence-electron chi connectivity index (χ2n) is 19.1. The minimum Gasteiger partial charge on any atom is -0.0810 e. The lowest BCUT2D eigenvalue weighted by Gasteiger charge is -2.33. The van der Waals surface area contributed by atoms with Crippen molar-refractivity contribution in [2.24, 2.45) is 5.92 Å². The summed E-state index contributed by atoms with van der Waals surface area (Å²) in [7, 11) is 0. The first-order valence-electron chi connectivity index (χ1n) is 23.3. The second-order valence-corrected chi connectivity index (χ2v) is 19.1. The molecule has 0 heteroatoms. The molecule has 65 heavy (non-hydrogen) atoms. The first-order valence-corrected chi connectivity index (χ1v) is 23.3. The Kier molecular flexibility index (Phi) is 6.95. The van der Waals surface area contributed by atoms with Gasteiger partial charge in [0.25, 0.3) is 0 Å². The van der Waals surface area contributed by atoms with Gasteiger partial charge in [0.05, 0.1) is 10.8 Å². The Morgan fingerprint density at radius 3 is 1.45 bits per heavy atom. The fourth-order valence-electron chi connectivity index (χ4n) is 13.4. The van der Waals surface area contributed by atoms with Gasteiger partial charge >= 0.3 is 0 Å². The van der Waals surface area contributed by atoms with Crippen molar-refractivity contribution < 1.29 is 0 Å². The van der Waals surface area contributed by atoms with E-state index in [1.807, 2.05) is 0 Å². The Labute approximate surface area is 379 Å². The molecule has 2 spiro atoms. The molecular weight excluding hydrogens is 781 g/mol. The molecule has 2 atom stereocenters. The maximum Gasteiger partial charge on any atom is 0.0725 e. The molecule has 0 amide bonds. The third-order valence-electron chi connectivity index (χ3n) is 16.0. The second kappa shape index (κ2) is 12.7. The summed E-state index contributed by atoms with van der Waals surface area (Å²) < 4.78 is 0. The van der Waals surface area contributed by atoms with Crippen molar-refractivity contribution in [3.63, 3.8) is 0 Å². The van der Waals surface area contributed by atoms with Gasteiger partial charge in [-0.05, 0) is 169 Å². The zero-order valence-corrected chi connectivity index (χ0v) is 36.1. The number of rotatable bonds is 2. The number of benzene rings is 10. The van der Waals surface area contributed by atoms with E-state index in [0.29, 0.717) is 5.92 Å². The summed E-state index contributed by atoms with van der Waals surface area (Å²) in [6.07, 6.45) is 5.99. The van der Waals surface area contributed by atoms with Crippen molar-refractivity contribution in [2.75, 3.05) is 0 Å². The molecule has 302 valence electrons. The summed E-state index contributed by atoms with van der Waals surface area (Å²) >= 11 is 0. The Bertz CT molecular complexity index is 3770. The van der Waals surface area contributed by atoms with Crippen LogP contribution in [-0.4, -0.2) is 0 Å². The van der Waals surface area contributed by atoms with Crippen molar-refractivity contribution in [1.29, 1.82) is 0 Å². The minimum atomic E-state index is -0.364. The fourth-order valence-corrected chi connectivity index (χ4v) is 13.4. The topological polar surface area (TPSA) is 0 Å². The van der Waals surface area contributed by atoms with Crippen LogP contribution in [0.3, 0.4) is 0 Å². The molecule has 15 rings (SSSR count). The average Bonchev–Trinajstić information content (AvgIpc) is 4.04. The highest BCUT2D eigenvalue weighted by molar-refractivity contribution is 6.07. The van der Waals surface area contributed by atoms with E-state index < -0.39 is 0 Å². The smallest absolute Gasteiger partial charge is 0.0725 e. The van der Waals surface area contributed by atoms with E-state index in [4.69, 9.17) is 0 Å². The van der Waals surface area contributed by atoms with Gasteiger partial charge < -0.3 is 0 Å². The van der Waals surface area contributed by atoms with Gasteiger partial charge in [-0.2, -0.15) is 0 Å². The lowest BCUT2D eigenvalue weighted by molar-refractivity contribution is 0.725. The highest BCUT2D eigenvalue weighted by Crippen LogP contribution is 2.66. The summed E-state index contributed by atoms with van der Waals surface area (Å²) in [5.74, 6) is 0.511. The molecule has 0 radical (unpaired) electrons. The zero-order chi connectivity index (χ0) is 42.6. The van der Waals surface area contributed by atoms with Crippen molar-refractivity contribution in [3.8, 4) is 55.6 Å². The molecule has 0 nitrogen and oxygen atoms in total. The van der Waals surface area contributed by atoms with Crippen LogP contribution < -0.4 is 0 Å². The summed E-state index contributed by atoms with van der Waals surface area (Å²) in [5, 5.41) is 5.12. The molecule has 2 unspecified atom stereocenters. The standard InChI is InChI=1S/C65H42/c1-39-22-32-59-54(34-39)51-17-7-11-21-58(51)65(59)60-33-29-40-12-2-3-13-47(40)63(60)53-31-28-46(38-62(53)65)44-26-24-41-35-43(25-23-42(41)36-44)45-27-30-52-50-16-6-10-20-57(50)64(61(52)37-45)55-18-8-4-14-48(55)49-15-5-9-19-56(49)64/h2-33,35-39H,34H2,1H3. The van der Waals surface area contributed by atoms with Crippen LogP contribution >= 0.6 is 0 Å². The van der Waals surface area contributed by atoms with E-state index in [0.717, 1.165) is 6.42 Å². The van der Waals surface area contributed by atoms with Gasteiger partial charge in [-0.1, -0.05) is 201 Å². The molecular formula is C65H42. The van der Waals surface area contributed by atoms with E-state index >= 15 is 0 Å². The van der Waals surface area contributed by atoms with Crippen molar-refractivity contribution in [2.45, 2.75) is 24.2 Å². The predicted molar refractivity (Wildman–Crippen MR) is 270 cm³/mol. The van der Waals surface area contributed by atoms with Crippen molar-refractivity contribution in [1.82, 2.24) is 0 Å². The van der Waals surface area contributed by atoms with Gasteiger partial charge in [0.2, 0.25) is 0 Å². The predicted octanol–water partition coefficient (Wildman–Crippen LogP) is 16.3. The third kappa shape index (κ3) is 4.42. The molecule has 0 N–H and O–H groups in total. The number of hydrogen-bond donors (Lipinski definition) is 0. The maximum absolute atomic E-state index is 2.54. The van der Waals surface area contributed by atoms with Crippen LogP contribution in [0.4, 0.5) is 0 Å². The van der Waals surface area contributed by atoms with Gasteiger partial charge in [0.1, 0.15) is 0 Å². The van der Waals surface area contributed by atoms with Gasteiger partial charge in [0.15, 0.2) is 0 Å². The Morgan fingerprint density at radius 2 is 0.815 bits per heavy atom. The van der Waals surface area contributed by atoms with Crippen LogP contribution in [0.1, 0.15) is 57.9 Å². The third-order valence-corrected chi connectivity index (χ3v) is 16.0. The van der Waals surface area contributed by atoms with Gasteiger partial charge in [-0.25, -0.2) is 0 Å². The van der Waals surface area contributed by atoms with Crippen molar-refractivity contribution in [3.05, 3.63) is 268 Å². The average molecular weight is 823 g/mol. The molecule has 10 aromatic carbocycles. The highest BCUT2D eigenvalue weighted by atomic mass is 14.5. The molecule has 5 aliphatic carbocycles. The van der Waals surface area contributed by atoms with Gasteiger partial charge in [0, 0.05) is 0 Å². The molecule has 0 saturated carbocycles. The van der Waals surface area contributed by atoms with Crippen LogP contribution in [0.2, 0.25) is 0 Å². The van der Waals surface area contributed by atoms with Crippen LogP contribution in [0.5, 0.6) is 0 Å². The molecule has 0 bridgehead atoms. The Morgan fingerprint density at radius 1 is 0.354 bits per heavy atom. The summed E-state index contributed by atoms with van der Waals surface area (Å²) in [4.78, 5) is 0. The van der Waals surface area contributed by atoms with Gasteiger partial charge in [-0.3, -0.25) is 0 Å². The molecule has 0 fully saturated rings. The highest BCUT2D eigenvalue weighted by Gasteiger charge is 2.54.